The Bertz CT molecular complexity index is 8.00. The largest absolute Gasteiger partial charge is 0.153 e. The van der Waals surface area contributed by atoms with E-state index in [1.54, 1.807) is 0 Å². The van der Waals surface area contributed by atoms with Gasteiger partial charge in [0.2, 0.25) is 0 Å². The molecule has 0 amide bonds. The molecule has 0 spiro atoms. The van der Waals surface area contributed by atoms with Gasteiger partial charge in [0.15, 0.2) is 0 Å². The minimum Gasteiger partial charge on any atom is -0.153 e. The SMILES string of the molecule is P.[Al].[As].[In]. The number of rotatable bonds is 0. The second kappa shape index (κ2) is 18.2. The van der Waals surface area contributed by atoms with Crippen molar-refractivity contribution >= 4 is 71.1 Å². The van der Waals surface area contributed by atoms with Crippen LogP contribution in [-0.2, 0) is 0 Å². The van der Waals surface area contributed by atoms with Crippen LogP contribution in [0, 0.1) is 0 Å². The van der Waals surface area contributed by atoms with Crippen molar-refractivity contribution in [2.24, 2.45) is 0 Å². The molecular weight excluding hydrogens is 248 g/mol. The molecule has 0 nitrogen and oxygen atoms in total. The summed E-state index contributed by atoms with van der Waals surface area (Å²) in [4.78, 5) is 0. The van der Waals surface area contributed by atoms with Crippen LogP contribution in [0.3, 0.4) is 0 Å². The Morgan fingerprint density at radius 3 is 1.00 bits per heavy atom. The van der Waals surface area contributed by atoms with Crippen molar-refractivity contribution in [3.63, 3.8) is 0 Å². The minimum atomic E-state index is 0. The van der Waals surface area contributed by atoms with Gasteiger partial charge in [-0.2, -0.15) is 9.90 Å². The summed E-state index contributed by atoms with van der Waals surface area (Å²) in [5.41, 5.74) is 0. The molecule has 0 N–H and O–H groups in total. The average Bonchev–Trinajstić information content (AvgIpc) is 0. The first-order valence-corrected chi connectivity index (χ1v) is 0. The fraction of sp³-hybridized carbons (Fsp3) is 0. The molecule has 4 heavy (non-hydrogen) atoms. The van der Waals surface area contributed by atoms with Gasteiger partial charge in [-0.25, -0.2) is 0 Å². The summed E-state index contributed by atoms with van der Waals surface area (Å²) in [6.45, 7) is 0. The monoisotopic (exact) mass is 251 g/mol. The smallest absolute Gasteiger partial charge is 0 e. The number of hydrogen-bond acceptors (Lipinski definition) is 0. The molecule has 0 saturated heterocycles. The molecular formula is H3AlAsInP. The fourth-order valence-corrected chi connectivity index (χ4v) is 0. The topological polar surface area (TPSA) is 0 Å². The molecule has 0 bridgehead atoms. The van der Waals surface area contributed by atoms with Gasteiger partial charge >= 0.3 is 0 Å². The maximum atomic E-state index is 0. The minimum absolute atomic E-state index is 0. The Kier molecular flexibility index (Phi) is 148. The van der Waals surface area contributed by atoms with Crippen molar-refractivity contribution in [2.75, 3.05) is 0 Å². The van der Waals surface area contributed by atoms with Gasteiger partial charge in [-0.3, -0.25) is 0 Å². The van der Waals surface area contributed by atoms with Crippen molar-refractivity contribution in [3.05, 3.63) is 0 Å². The molecule has 9 radical (unpaired) electrons. The molecule has 0 rings (SSSR count). The molecule has 0 aliphatic rings. The van der Waals surface area contributed by atoms with E-state index in [1.807, 2.05) is 0 Å². The van der Waals surface area contributed by atoms with Crippen LogP contribution in [-0.4, -0.2) is 61.2 Å². The van der Waals surface area contributed by atoms with Gasteiger partial charge < -0.3 is 0 Å². The summed E-state index contributed by atoms with van der Waals surface area (Å²) in [5, 5.41) is 0. The van der Waals surface area contributed by atoms with Crippen LogP contribution in [0.4, 0.5) is 0 Å². The molecule has 4 heteroatoms. The van der Waals surface area contributed by atoms with Crippen molar-refractivity contribution in [3.8, 4) is 0 Å². The molecule has 0 heterocycles. The summed E-state index contributed by atoms with van der Waals surface area (Å²) >= 11 is 0. The van der Waals surface area contributed by atoms with Crippen LogP contribution in [0.2, 0.25) is 0 Å². The van der Waals surface area contributed by atoms with Crippen LogP contribution in [0.15, 0.2) is 0 Å². The zero-order valence-electron chi connectivity index (χ0n) is 2.31. The standard InChI is InChI=1S/Al.As.In.H3P/h;;;1H3. The summed E-state index contributed by atoms with van der Waals surface area (Å²) in [6, 6.07) is 0. The van der Waals surface area contributed by atoms with E-state index < -0.39 is 0 Å². The average molecular weight is 251 g/mol. The van der Waals surface area contributed by atoms with Gasteiger partial charge in [0.25, 0.3) is 0 Å². The molecule has 0 aliphatic heterocycles. The molecule has 0 aliphatic carbocycles. The molecule has 1 unspecified atom stereocenters. The second-order valence-electron chi connectivity index (χ2n) is 0. The maximum Gasteiger partial charge on any atom is 0 e. The maximum absolute atomic E-state index is 0. The van der Waals surface area contributed by atoms with E-state index >= 15 is 0 Å². The second-order valence-corrected chi connectivity index (χ2v) is 0. The molecule has 1 atom stereocenters. The predicted octanol–water partition coefficient (Wildman–Crippen LogP) is -1.08. The third-order valence-corrected chi connectivity index (χ3v) is 0. The quantitative estimate of drug-likeness (QED) is 0.379. The first kappa shape index (κ1) is 32.5. The first-order valence-electron chi connectivity index (χ1n) is 0. The van der Waals surface area contributed by atoms with Gasteiger partial charge in [-0.1, -0.05) is 0 Å². The van der Waals surface area contributed by atoms with Gasteiger partial charge in [0.1, 0.15) is 0 Å². The van der Waals surface area contributed by atoms with Crippen molar-refractivity contribution in [1.82, 2.24) is 0 Å². The zero-order valence-corrected chi connectivity index (χ0v) is 10.1. The summed E-state index contributed by atoms with van der Waals surface area (Å²) < 4.78 is 0. The van der Waals surface area contributed by atoms with Crippen molar-refractivity contribution in [1.29, 1.82) is 0 Å². The van der Waals surface area contributed by atoms with E-state index in [1.165, 1.54) is 0 Å². The molecule has 0 fully saturated rings. The zero-order chi connectivity index (χ0) is 0. The fourth-order valence-electron chi connectivity index (χ4n) is 0. The third kappa shape index (κ3) is 8.83. The van der Waals surface area contributed by atoms with Crippen LogP contribution in [0.25, 0.3) is 0 Å². The van der Waals surface area contributed by atoms with Crippen LogP contribution < -0.4 is 0 Å². The predicted molar refractivity (Wildman–Crippen MR) is 28.4 cm³/mol. The van der Waals surface area contributed by atoms with Gasteiger partial charge in [0.05, 0.1) is 0 Å². The Morgan fingerprint density at radius 2 is 1.00 bits per heavy atom. The van der Waals surface area contributed by atoms with Crippen molar-refractivity contribution < 1.29 is 0 Å². The Balaban J connectivity index is 0. The molecule has 19 valence electrons. The molecule has 0 saturated carbocycles. The van der Waals surface area contributed by atoms with Gasteiger partial charge in [-0.05, 0) is 0 Å². The van der Waals surface area contributed by atoms with E-state index in [-0.39, 0.29) is 71.1 Å². The Morgan fingerprint density at radius 1 is 1.00 bits per heavy atom. The van der Waals surface area contributed by atoms with Gasteiger partial charge in [0, 0.05) is 61.2 Å². The third-order valence-electron chi connectivity index (χ3n) is 0. The van der Waals surface area contributed by atoms with E-state index in [0.717, 1.165) is 0 Å². The van der Waals surface area contributed by atoms with E-state index in [0.29, 0.717) is 0 Å². The first-order chi connectivity index (χ1) is 0. The van der Waals surface area contributed by atoms with Crippen LogP contribution in [0.5, 0.6) is 0 Å². The Labute approximate surface area is 70.3 Å². The normalized spacial score (nSPS) is 0. The van der Waals surface area contributed by atoms with Crippen LogP contribution in [0.1, 0.15) is 0 Å². The van der Waals surface area contributed by atoms with Crippen molar-refractivity contribution in [2.45, 2.75) is 0 Å². The number of hydrogen-bond donors (Lipinski definition) is 0. The molecule has 0 aromatic heterocycles. The van der Waals surface area contributed by atoms with E-state index in [9.17, 15) is 0 Å². The Hall–Kier alpha value is 2.39. The van der Waals surface area contributed by atoms with E-state index in [4.69, 9.17) is 0 Å². The summed E-state index contributed by atoms with van der Waals surface area (Å²) in [7, 11) is 0. The summed E-state index contributed by atoms with van der Waals surface area (Å²) in [6.07, 6.45) is 0. The van der Waals surface area contributed by atoms with Crippen LogP contribution >= 0.6 is 9.90 Å². The van der Waals surface area contributed by atoms with E-state index in [2.05, 4.69) is 0 Å². The molecule has 0 aromatic carbocycles. The van der Waals surface area contributed by atoms with Gasteiger partial charge in [-0.15, -0.1) is 0 Å². The molecule has 0 aromatic rings. The summed E-state index contributed by atoms with van der Waals surface area (Å²) in [5.74, 6) is 0.